The quantitative estimate of drug-likeness (QED) is 0.743. The monoisotopic (exact) mass is 400 g/mol. The van der Waals surface area contributed by atoms with Crippen LogP contribution in [0.4, 0.5) is 5.69 Å². The summed E-state index contributed by atoms with van der Waals surface area (Å²) in [6, 6.07) is 5.33. The predicted molar refractivity (Wildman–Crippen MR) is 104 cm³/mol. The maximum absolute atomic E-state index is 12.7. The largest absolute Gasteiger partial charge is 0.484 e. The molecule has 2 fully saturated rings. The molecule has 2 heterocycles. The van der Waals surface area contributed by atoms with Crippen LogP contribution in [0.1, 0.15) is 37.7 Å². The lowest BCUT2D eigenvalue weighted by Crippen LogP contribution is -2.46. The number of carboxylic acids is 1. The molecule has 1 aromatic carbocycles. The highest BCUT2D eigenvalue weighted by atomic mass is 16.5. The number of fused-ring (bicyclic) bond motifs is 2. The van der Waals surface area contributed by atoms with E-state index >= 15 is 0 Å². The number of hydrogen-bond donors (Lipinski definition) is 2. The van der Waals surface area contributed by atoms with Gasteiger partial charge in [-0.2, -0.15) is 0 Å². The molecule has 154 valence electrons. The number of amides is 2. The van der Waals surface area contributed by atoms with Crippen LogP contribution in [0.2, 0.25) is 0 Å². The summed E-state index contributed by atoms with van der Waals surface area (Å²) in [6.45, 7) is 0.355. The zero-order valence-electron chi connectivity index (χ0n) is 16.1. The van der Waals surface area contributed by atoms with E-state index in [1.54, 1.807) is 12.1 Å². The maximum Gasteiger partial charge on any atom is 0.323 e. The Kier molecular flexibility index (Phi) is 5.37. The normalized spacial score (nSPS) is 18.4. The van der Waals surface area contributed by atoms with Gasteiger partial charge in [0.05, 0.1) is 5.69 Å². The number of hydrogen-bond acceptors (Lipinski definition) is 6. The number of benzene rings is 1. The summed E-state index contributed by atoms with van der Waals surface area (Å²) in [5, 5.41) is 11.9. The van der Waals surface area contributed by atoms with Crippen molar-refractivity contribution in [1.82, 2.24) is 15.1 Å². The summed E-state index contributed by atoms with van der Waals surface area (Å²) in [7, 11) is 0. The van der Waals surface area contributed by atoms with Gasteiger partial charge in [0.15, 0.2) is 6.61 Å². The van der Waals surface area contributed by atoms with E-state index in [1.807, 2.05) is 11.0 Å². The predicted octanol–water partition coefficient (Wildman–Crippen LogP) is 1.24. The minimum atomic E-state index is -1.02. The Morgan fingerprint density at radius 3 is 2.79 bits per heavy atom. The van der Waals surface area contributed by atoms with Crippen molar-refractivity contribution in [3.63, 3.8) is 0 Å². The van der Waals surface area contributed by atoms with E-state index in [2.05, 4.69) is 10.3 Å². The van der Waals surface area contributed by atoms with Crippen LogP contribution in [0, 0.1) is 0 Å². The highest BCUT2D eigenvalue weighted by molar-refractivity contribution is 6.05. The Morgan fingerprint density at radius 2 is 2.03 bits per heavy atom. The molecule has 0 bridgehead atoms. The van der Waals surface area contributed by atoms with Gasteiger partial charge in [-0.15, -0.1) is 0 Å². The Morgan fingerprint density at radius 1 is 1.24 bits per heavy atom. The number of ether oxygens (including phenoxy) is 1. The van der Waals surface area contributed by atoms with E-state index in [1.165, 1.54) is 4.90 Å². The van der Waals surface area contributed by atoms with Crippen molar-refractivity contribution in [1.29, 1.82) is 0 Å². The molecule has 0 spiro atoms. The zero-order chi connectivity index (χ0) is 20.4. The molecule has 3 aliphatic rings. The van der Waals surface area contributed by atoms with Crippen molar-refractivity contribution in [3.05, 3.63) is 23.8 Å². The van der Waals surface area contributed by atoms with Gasteiger partial charge in [0, 0.05) is 18.7 Å². The van der Waals surface area contributed by atoms with E-state index in [4.69, 9.17) is 4.74 Å². The van der Waals surface area contributed by atoms with Gasteiger partial charge in [0.25, 0.3) is 5.91 Å². The second-order valence-electron chi connectivity index (χ2n) is 7.63. The number of rotatable bonds is 6. The second-order valence-corrected chi connectivity index (χ2v) is 7.63. The van der Waals surface area contributed by atoms with E-state index in [9.17, 15) is 19.5 Å². The van der Waals surface area contributed by atoms with Crippen LogP contribution in [0.25, 0.3) is 0 Å². The SMILES string of the molecule is O=C(O)CN(C(=O)COc1ccc2c(c1)N=C1NC(=O)CN1C2)C1CCCCC1. The van der Waals surface area contributed by atoms with Crippen molar-refractivity contribution < 1.29 is 24.2 Å². The smallest absolute Gasteiger partial charge is 0.323 e. The first kappa shape index (κ1) is 19.2. The van der Waals surface area contributed by atoms with Gasteiger partial charge in [-0.1, -0.05) is 25.3 Å². The van der Waals surface area contributed by atoms with Gasteiger partial charge >= 0.3 is 5.97 Å². The Hall–Kier alpha value is -3.10. The number of aliphatic carboxylic acids is 1. The zero-order valence-corrected chi connectivity index (χ0v) is 16.1. The summed E-state index contributed by atoms with van der Waals surface area (Å²) < 4.78 is 5.67. The molecule has 1 saturated carbocycles. The number of carbonyl (C=O) groups is 3. The molecule has 1 aliphatic carbocycles. The minimum Gasteiger partial charge on any atom is -0.484 e. The highest BCUT2D eigenvalue weighted by Crippen LogP contribution is 2.31. The Labute approximate surface area is 168 Å². The molecular formula is C20H24N4O5. The summed E-state index contributed by atoms with van der Waals surface area (Å²) in [5.74, 6) is -0.409. The fourth-order valence-electron chi connectivity index (χ4n) is 4.10. The number of aliphatic imine (C=N–C) groups is 1. The number of nitrogens with zero attached hydrogens (tertiary/aromatic N) is 3. The van der Waals surface area contributed by atoms with E-state index in [-0.39, 0.29) is 31.0 Å². The van der Waals surface area contributed by atoms with Gasteiger partial charge in [-0.3, -0.25) is 19.7 Å². The molecule has 29 heavy (non-hydrogen) atoms. The van der Waals surface area contributed by atoms with Crippen LogP contribution in [0.15, 0.2) is 23.2 Å². The average molecular weight is 400 g/mol. The van der Waals surface area contributed by atoms with Crippen LogP contribution >= 0.6 is 0 Å². The van der Waals surface area contributed by atoms with Crippen molar-refractivity contribution in [2.24, 2.45) is 4.99 Å². The molecule has 0 atom stereocenters. The lowest BCUT2D eigenvalue weighted by atomic mass is 9.94. The number of carboxylic acid groups (broad SMARTS) is 1. The maximum atomic E-state index is 12.7. The molecule has 1 aromatic rings. The molecule has 0 aromatic heterocycles. The van der Waals surface area contributed by atoms with Crippen molar-refractivity contribution in [2.45, 2.75) is 44.7 Å². The molecule has 1 saturated heterocycles. The molecule has 0 radical (unpaired) electrons. The molecular weight excluding hydrogens is 376 g/mol. The van der Waals surface area contributed by atoms with Crippen LogP contribution in [-0.2, 0) is 20.9 Å². The Bertz CT molecular complexity index is 862. The third kappa shape index (κ3) is 4.33. The van der Waals surface area contributed by atoms with Crippen molar-refractivity contribution >= 4 is 29.4 Å². The average Bonchev–Trinajstić information content (AvgIpc) is 3.07. The van der Waals surface area contributed by atoms with Crippen LogP contribution in [0.5, 0.6) is 5.75 Å². The first-order chi connectivity index (χ1) is 14.0. The first-order valence-corrected chi connectivity index (χ1v) is 9.90. The molecule has 2 aliphatic heterocycles. The number of nitrogens with one attached hydrogen (secondary N) is 1. The molecule has 9 heteroatoms. The van der Waals surface area contributed by atoms with Gasteiger partial charge in [-0.05, 0) is 24.5 Å². The Balaban J connectivity index is 1.42. The third-order valence-corrected chi connectivity index (χ3v) is 5.53. The molecule has 2 amide bonds. The van der Waals surface area contributed by atoms with E-state index in [0.29, 0.717) is 30.5 Å². The first-order valence-electron chi connectivity index (χ1n) is 9.90. The third-order valence-electron chi connectivity index (χ3n) is 5.53. The van der Waals surface area contributed by atoms with Crippen molar-refractivity contribution in [2.75, 3.05) is 19.7 Å². The van der Waals surface area contributed by atoms with Crippen molar-refractivity contribution in [3.8, 4) is 5.75 Å². The summed E-state index contributed by atoms with van der Waals surface area (Å²) >= 11 is 0. The van der Waals surface area contributed by atoms with Gasteiger partial charge in [-0.25, -0.2) is 4.99 Å². The van der Waals surface area contributed by atoms with Crippen LogP contribution < -0.4 is 10.1 Å². The van der Waals surface area contributed by atoms with Crippen LogP contribution in [0.3, 0.4) is 0 Å². The van der Waals surface area contributed by atoms with E-state index < -0.39 is 5.97 Å². The summed E-state index contributed by atoms with van der Waals surface area (Å²) in [5.41, 5.74) is 1.66. The summed E-state index contributed by atoms with van der Waals surface area (Å²) in [4.78, 5) is 43.2. The minimum absolute atomic E-state index is 0.0390. The van der Waals surface area contributed by atoms with Gasteiger partial charge in [0.2, 0.25) is 11.9 Å². The topological polar surface area (TPSA) is 112 Å². The fourth-order valence-corrected chi connectivity index (χ4v) is 4.10. The number of carbonyl (C=O) groups excluding carboxylic acids is 2. The number of guanidine groups is 1. The van der Waals surface area contributed by atoms with Gasteiger partial charge in [0.1, 0.15) is 18.8 Å². The molecule has 0 unspecified atom stereocenters. The van der Waals surface area contributed by atoms with E-state index in [0.717, 1.165) is 37.7 Å². The lowest BCUT2D eigenvalue weighted by Gasteiger charge is -2.33. The van der Waals surface area contributed by atoms with Crippen LogP contribution in [-0.4, -0.2) is 64.4 Å². The molecule has 4 rings (SSSR count). The molecule has 2 N–H and O–H groups in total. The lowest BCUT2D eigenvalue weighted by molar-refractivity contribution is -0.147. The highest BCUT2D eigenvalue weighted by Gasteiger charge is 2.30. The van der Waals surface area contributed by atoms with Gasteiger partial charge < -0.3 is 19.6 Å². The fraction of sp³-hybridized carbons (Fsp3) is 0.500. The molecule has 9 nitrogen and oxygen atoms in total. The second kappa shape index (κ2) is 8.10. The summed E-state index contributed by atoms with van der Waals surface area (Å²) in [6.07, 6.45) is 4.80. The standard InChI is InChI=1S/C20H24N4O5/c25-17-10-23-9-13-6-7-15(8-16(13)21-20(23)22-17)29-12-18(26)24(11-19(27)28)14-4-2-1-3-5-14/h6-8,14H,1-5,9-12H2,(H,27,28)(H,21,22,25).